The van der Waals surface area contributed by atoms with Crippen LogP contribution in [0.15, 0.2) is 12.2 Å². The molecule has 0 aliphatic carbocycles. The Bertz CT molecular complexity index is 1010. The molecule has 0 radical (unpaired) electrons. The van der Waals surface area contributed by atoms with Crippen molar-refractivity contribution in [3.8, 4) is 0 Å². The molecule has 56 heavy (non-hydrogen) atoms. The Balaban J connectivity index is 3.76. The summed E-state index contributed by atoms with van der Waals surface area (Å²) in [7, 11) is -4.74. The number of unbranched alkanes of at least 4 members (excludes halogenated alkanes) is 27. The highest BCUT2D eigenvalue weighted by Crippen LogP contribution is 2.43. The first-order chi connectivity index (χ1) is 27.1. The molecule has 0 aliphatic heterocycles. The smallest absolute Gasteiger partial charge is 0.472 e. The molecule has 0 fully saturated rings. The minimum Gasteiger partial charge on any atom is -0.480 e. The van der Waals surface area contributed by atoms with Gasteiger partial charge in [-0.15, -0.1) is 0 Å². The van der Waals surface area contributed by atoms with Crippen molar-refractivity contribution in [3.05, 3.63) is 12.2 Å². The Hall–Kier alpha value is -1.78. The summed E-state index contributed by atoms with van der Waals surface area (Å²) in [6.45, 7) is 2.57. The molecule has 0 aromatic heterocycles. The van der Waals surface area contributed by atoms with E-state index < -0.39 is 57.6 Å². The van der Waals surface area contributed by atoms with Crippen molar-refractivity contribution < 1.29 is 47.8 Å². The summed E-state index contributed by atoms with van der Waals surface area (Å²) in [6.07, 6.45) is 39.8. The summed E-state index contributed by atoms with van der Waals surface area (Å²) in [5, 5.41) is 21.8. The Kier molecular flexibility index (Phi) is 38.7. The van der Waals surface area contributed by atoms with E-state index in [0.29, 0.717) is 12.8 Å². The third-order valence-corrected chi connectivity index (χ3v) is 11.0. The van der Waals surface area contributed by atoms with Crippen LogP contribution < -0.4 is 5.32 Å². The van der Waals surface area contributed by atoms with E-state index in [4.69, 9.17) is 13.8 Å². The molecule has 0 aromatic carbocycles. The number of hydrogen-bond acceptors (Lipinski definition) is 8. The van der Waals surface area contributed by atoms with Crippen molar-refractivity contribution in [2.24, 2.45) is 0 Å². The number of carbonyl (C=O) groups excluding carboxylic acids is 2. The van der Waals surface area contributed by atoms with Crippen LogP contribution in [0.3, 0.4) is 0 Å². The third kappa shape index (κ3) is 39.1. The highest BCUT2D eigenvalue weighted by molar-refractivity contribution is 7.47. The molecule has 0 saturated carbocycles. The van der Waals surface area contributed by atoms with Crippen LogP contribution in [0.4, 0.5) is 0 Å². The van der Waals surface area contributed by atoms with E-state index in [1.807, 2.05) is 0 Å². The fourth-order valence-corrected chi connectivity index (χ4v) is 7.26. The lowest BCUT2D eigenvalue weighted by Crippen LogP contribution is -2.43. The van der Waals surface area contributed by atoms with Gasteiger partial charge in [-0.2, -0.15) is 0 Å². The highest BCUT2D eigenvalue weighted by Gasteiger charge is 2.28. The molecule has 12 heteroatoms. The van der Waals surface area contributed by atoms with E-state index in [9.17, 15) is 34.1 Å². The maximum atomic E-state index is 12.2. The molecular weight excluding hydrogens is 733 g/mol. The van der Waals surface area contributed by atoms with Gasteiger partial charge in [0.05, 0.1) is 13.2 Å². The van der Waals surface area contributed by atoms with E-state index in [2.05, 4.69) is 31.3 Å². The third-order valence-electron chi connectivity index (χ3n) is 10.1. The van der Waals surface area contributed by atoms with Crippen LogP contribution >= 0.6 is 7.82 Å². The van der Waals surface area contributed by atoms with Gasteiger partial charge in [-0.3, -0.25) is 18.6 Å². The van der Waals surface area contributed by atoms with E-state index in [0.717, 1.165) is 38.5 Å². The van der Waals surface area contributed by atoms with Gasteiger partial charge in [0.1, 0.15) is 12.7 Å². The van der Waals surface area contributed by atoms with Crippen molar-refractivity contribution in [2.45, 2.75) is 231 Å². The predicted octanol–water partition coefficient (Wildman–Crippen LogP) is 11.7. The summed E-state index contributed by atoms with van der Waals surface area (Å²) in [5.41, 5.74) is 0. The number of aliphatic carboxylic acids is 1. The summed E-state index contributed by atoms with van der Waals surface area (Å²) in [5.74, 6) is -2.36. The molecule has 0 spiro atoms. The first-order valence-electron chi connectivity index (χ1n) is 22.7. The Labute approximate surface area is 341 Å². The van der Waals surface area contributed by atoms with Crippen molar-refractivity contribution >= 4 is 25.7 Å². The molecule has 0 bridgehead atoms. The van der Waals surface area contributed by atoms with Crippen molar-refractivity contribution in [1.29, 1.82) is 0 Å². The maximum absolute atomic E-state index is 12.2. The molecule has 4 N–H and O–H groups in total. The lowest BCUT2D eigenvalue weighted by Gasteiger charge is -2.18. The Morgan fingerprint density at radius 1 is 0.554 bits per heavy atom. The van der Waals surface area contributed by atoms with Gasteiger partial charge < -0.3 is 25.2 Å². The largest absolute Gasteiger partial charge is 0.480 e. The molecule has 0 aromatic rings. The zero-order chi connectivity index (χ0) is 41.4. The lowest BCUT2D eigenvalue weighted by molar-refractivity contribution is -0.147. The van der Waals surface area contributed by atoms with Gasteiger partial charge in [0.25, 0.3) is 0 Å². The van der Waals surface area contributed by atoms with Crippen LogP contribution in [0.25, 0.3) is 0 Å². The van der Waals surface area contributed by atoms with Gasteiger partial charge in [-0.25, -0.2) is 9.36 Å². The number of allylic oxidation sites excluding steroid dienone is 2. The van der Waals surface area contributed by atoms with Crippen LogP contribution in [-0.4, -0.2) is 64.9 Å². The maximum Gasteiger partial charge on any atom is 0.472 e. The highest BCUT2D eigenvalue weighted by atomic mass is 31.2. The number of aliphatic hydroxyl groups is 1. The SMILES string of the molecule is CCCCCCCC/C=C/CCCCCCCCCCCCCCCC(=O)OCC(O)COP(=O)(O)OCC(NC(=O)CCCCCCCCCCC)C(=O)O. The van der Waals surface area contributed by atoms with Gasteiger partial charge in [0, 0.05) is 12.8 Å². The van der Waals surface area contributed by atoms with E-state index >= 15 is 0 Å². The molecule has 330 valence electrons. The predicted molar refractivity (Wildman–Crippen MR) is 226 cm³/mol. The van der Waals surface area contributed by atoms with Crippen LogP contribution in [-0.2, 0) is 32.7 Å². The molecular formula is C44H84NO10P. The number of carbonyl (C=O) groups is 3. The van der Waals surface area contributed by atoms with Crippen LogP contribution in [0.2, 0.25) is 0 Å². The fraction of sp³-hybridized carbons (Fsp3) is 0.886. The second-order valence-electron chi connectivity index (χ2n) is 15.6. The number of aliphatic hydroxyl groups excluding tert-OH is 1. The van der Waals surface area contributed by atoms with Crippen molar-refractivity contribution in [3.63, 3.8) is 0 Å². The zero-order valence-electron chi connectivity index (χ0n) is 35.7. The number of amides is 1. The molecule has 0 heterocycles. The van der Waals surface area contributed by atoms with Gasteiger partial charge >= 0.3 is 19.8 Å². The molecule has 11 nitrogen and oxygen atoms in total. The lowest BCUT2D eigenvalue weighted by atomic mass is 10.0. The number of carboxylic acids is 1. The molecule has 0 saturated heterocycles. The van der Waals surface area contributed by atoms with Crippen LogP contribution in [0.1, 0.15) is 219 Å². The first kappa shape index (κ1) is 54.2. The first-order valence-corrected chi connectivity index (χ1v) is 24.2. The van der Waals surface area contributed by atoms with Crippen molar-refractivity contribution in [2.75, 3.05) is 19.8 Å². The normalized spacial score (nSPS) is 13.8. The number of esters is 1. The summed E-state index contributed by atoms with van der Waals surface area (Å²) in [6, 6.07) is -1.54. The molecule has 0 aliphatic rings. The van der Waals surface area contributed by atoms with Gasteiger partial charge in [-0.1, -0.05) is 180 Å². The second-order valence-corrected chi connectivity index (χ2v) is 17.0. The molecule has 3 atom stereocenters. The van der Waals surface area contributed by atoms with Gasteiger partial charge in [-0.05, 0) is 38.5 Å². The fourth-order valence-electron chi connectivity index (χ4n) is 6.49. The number of phosphoric ester groups is 1. The van der Waals surface area contributed by atoms with Gasteiger partial charge in [0.2, 0.25) is 5.91 Å². The number of phosphoric acid groups is 1. The van der Waals surface area contributed by atoms with Crippen LogP contribution in [0.5, 0.6) is 0 Å². The van der Waals surface area contributed by atoms with E-state index in [1.165, 1.54) is 141 Å². The number of rotatable bonds is 43. The average molecular weight is 818 g/mol. The minimum atomic E-state index is -4.74. The second kappa shape index (κ2) is 40.0. The monoisotopic (exact) mass is 818 g/mol. The van der Waals surface area contributed by atoms with Gasteiger partial charge in [0.15, 0.2) is 6.04 Å². The summed E-state index contributed by atoms with van der Waals surface area (Å²) in [4.78, 5) is 45.7. The zero-order valence-corrected chi connectivity index (χ0v) is 36.6. The topological polar surface area (TPSA) is 169 Å². The number of ether oxygens (including phenoxy) is 1. The summed E-state index contributed by atoms with van der Waals surface area (Å²) < 4.78 is 26.8. The molecule has 0 rings (SSSR count). The minimum absolute atomic E-state index is 0.149. The van der Waals surface area contributed by atoms with Crippen molar-refractivity contribution in [1.82, 2.24) is 5.32 Å². The Morgan fingerprint density at radius 3 is 1.36 bits per heavy atom. The average Bonchev–Trinajstić information content (AvgIpc) is 3.17. The standard InChI is InChI=1S/C44H84NO10P/c1-3-5-7-9-11-13-14-15-16-17-18-19-20-21-22-23-24-25-26-28-30-32-34-36-43(48)53-37-40(46)38-54-56(51,52)55-39-41(44(49)50)45-42(47)35-33-31-29-27-12-10-8-6-4-2/h15-16,40-41,46H,3-14,17-39H2,1-2H3,(H,45,47)(H,49,50)(H,51,52)/b16-15+. The number of hydrogen-bond donors (Lipinski definition) is 4. The quantitative estimate of drug-likeness (QED) is 0.0201. The number of carboxylic acid groups (broad SMARTS) is 1. The van der Waals surface area contributed by atoms with Crippen LogP contribution in [0, 0.1) is 0 Å². The molecule has 1 amide bonds. The van der Waals surface area contributed by atoms with E-state index in [1.54, 1.807) is 0 Å². The molecule has 3 unspecified atom stereocenters. The Morgan fingerprint density at radius 2 is 0.929 bits per heavy atom. The number of nitrogens with one attached hydrogen (secondary N) is 1. The van der Waals surface area contributed by atoms with E-state index in [-0.39, 0.29) is 12.8 Å². The summed E-state index contributed by atoms with van der Waals surface area (Å²) >= 11 is 0.